The van der Waals surface area contributed by atoms with E-state index in [1.54, 1.807) is 13.2 Å². The Morgan fingerprint density at radius 1 is 1.61 bits per heavy atom. The molecule has 1 rings (SSSR count). The number of carbonyl (C=O) groups excluding carboxylic acids is 1. The van der Waals surface area contributed by atoms with E-state index in [1.165, 1.54) is 4.68 Å². The first kappa shape index (κ1) is 14.5. The van der Waals surface area contributed by atoms with E-state index in [2.05, 4.69) is 10.4 Å². The first-order valence-electron chi connectivity index (χ1n) is 6.04. The minimum absolute atomic E-state index is 0.0536. The van der Waals surface area contributed by atoms with Crippen molar-refractivity contribution in [3.8, 4) is 0 Å². The summed E-state index contributed by atoms with van der Waals surface area (Å²) >= 11 is 0. The summed E-state index contributed by atoms with van der Waals surface area (Å²) in [5.41, 5.74) is 6.27. The number of nitrogen functional groups attached to an aromatic ring is 1. The molecule has 6 nitrogen and oxygen atoms in total. The van der Waals surface area contributed by atoms with E-state index < -0.39 is 0 Å². The van der Waals surface area contributed by atoms with Crippen LogP contribution in [0.25, 0.3) is 0 Å². The Labute approximate surface area is 107 Å². The molecule has 0 saturated carbocycles. The first-order valence-corrected chi connectivity index (χ1v) is 6.04. The lowest BCUT2D eigenvalue weighted by molar-refractivity contribution is 0.0928. The van der Waals surface area contributed by atoms with Crippen molar-refractivity contribution in [1.29, 1.82) is 0 Å². The smallest absolute Gasteiger partial charge is 0.273 e. The molecule has 4 N–H and O–H groups in total. The first-order chi connectivity index (χ1) is 8.35. The van der Waals surface area contributed by atoms with Crippen LogP contribution in [0, 0.1) is 5.41 Å². The molecule has 0 saturated heterocycles. The lowest BCUT2D eigenvalue weighted by atomic mass is 9.88. The van der Waals surface area contributed by atoms with Gasteiger partial charge in [-0.25, -0.2) is 0 Å². The number of carbonyl (C=O) groups is 1. The summed E-state index contributed by atoms with van der Waals surface area (Å²) < 4.78 is 1.52. The lowest BCUT2D eigenvalue weighted by Crippen LogP contribution is -2.34. The van der Waals surface area contributed by atoms with Gasteiger partial charge in [0.2, 0.25) is 0 Å². The molecule has 102 valence electrons. The Hall–Kier alpha value is -1.56. The van der Waals surface area contributed by atoms with Gasteiger partial charge in [-0.1, -0.05) is 13.8 Å². The molecule has 0 aromatic carbocycles. The Morgan fingerprint density at radius 2 is 2.28 bits per heavy atom. The van der Waals surface area contributed by atoms with Gasteiger partial charge in [0, 0.05) is 26.4 Å². The van der Waals surface area contributed by atoms with Gasteiger partial charge in [-0.05, 0) is 18.3 Å². The fourth-order valence-electron chi connectivity index (χ4n) is 1.73. The number of aliphatic hydroxyl groups is 1. The second-order valence-electron chi connectivity index (χ2n) is 5.28. The number of hydrogen-bond donors (Lipinski definition) is 3. The maximum Gasteiger partial charge on any atom is 0.273 e. The van der Waals surface area contributed by atoms with Crippen LogP contribution >= 0.6 is 0 Å². The third kappa shape index (κ3) is 4.03. The van der Waals surface area contributed by atoms with E-state index in [0.29, 0.717) is 12.2 Å². The summed E-state index contributed by atoms with van der Waals surface area (Å²) in [7, 11) is 1.72. The van der Waals surface area contributed by atoms with E-state index in [4.69, 9.17) is 10.8 Å². The third-order valence-electron chi connectivity index (χ3n) is 2.81. The van der Waals surface area contributed by atoms with Crippen molar-refractivity contribution < 1.29 is 9.90 Å². The van der Waals surface area contributed by atoms with Gasteiger partial charge < -0.3 is 16.2 Å². The Morgan fingerprint density at radius 3 is 2.78 bits per heavy atom. The number of nitrogens with two attached hydrogens (primary N) is 1. The van der Waals surface area contributed by atoms with E-state index in [-0.39, 0.29) is 23.6 Å². The second kappa shape index (κ2) is 5.86. The number of aryl methyl sites for hydroxylation is 1. The molecular weight excluding hydrogens is 232 g/mol. The molecule has 1 aromatic heterocycles. The zero-order chi connectivity index (χ0) is 13.8. The number of aliphatic hydroxyl groups excluding tert-OH is 1. The average Bonchev–Trinajstić information content (AvgIpc) is 2.63. The Kier molecular flexibility index (Phi) is 4.72. The molecular formula is C12H22N4O2. The fraction of sp³-hybridized carbons (Fsp3) is 0.667. The van der Waals surface area contributed by atoms with Crippen molar-refractivity contribution in [2.24, 2.45) is 12.5 Å². The molecule has 0 radical (unpaired) electrons. The van der Waals surface area contributed by atoms with Crippen LogP contribution in [0.2, 0.25) is 0 Å². The molecule has 1 aromatic rings. The van der Waals surface area contributed by atoms with Crippen LogP contribution in [0.4, 0.5) is 5.69 Å². The van der Waals surface area contributed by atoms with Gasteiger partial charge >= 0.3 is 0 Å². The van der Waals surface area contributed by atoms with Gasteiger partial charge in [0.05, 0.1) is 5.69 Å². The molecule has 0 aliphatic heterocycles. The summed E-state index contributed by atoms with van der Waals surface area (Å²) in [5.74, 6) is -0.259. The molecule has 6 heteroatoms. The van der Waals surface area contributed by atoms with Crippen LogP contribution in [0.15, 0.2) is 6.20 Å². The van der Waals surface area contributed by atoms with E-state index in [0.717, 1.165) is 12.8 Å². The van der Waals surface area contributed by atoms with E-state index >= 15 is 0 Å². The molecule has 0 spiro atoms. The molecule has 0 bridgehead atoms. The summed E-state index contributed by atoms with van der Waals surface area (Å²) in [6.45, 7) is 4.79. The highest BCUT2D eigenvalue weighted by Gasteiger charge is 2.20. The van der Waals surface area contributed by atoms with Crippen molar-refractivity contribution in [2.75, 3.05) is 18.9 Å². The highest BCUT2D eigenvalue weighted by atomic mass is 16.2. The summed E-state index contributed by atoms with van der Waals surface area (Å²) in [6.07, 6.45) is 3.18. The average molecular weight is 254 g/mol. The van der Waals surface area contributed by atoms with Crippen molar-refractivity contribution in [3.05, 3.63) is 11.9 Å². The SMILES string of the molecule is Cn1cc(N)c(C(=O)NCC(C)(C)CCCO)n1. The quantitative estimate of drug-likeness (QED) is 0.690. The van der Waals surface area contributed by atoms with Crippen molar-refractivity contribution >= 4 is 11.6 Å². The van der Waals surface area contributed by atoms with E-state index in [9.17, 15) is 4.79 Å². The molecule has 0 fully saturated rings. The van der Waals surface area contributed by atoms with Gasteiger partial charge in [0.1, 0.15) is 0 Å². The van der Waals surface area contributed by atoms with Gasteiger partial charge in [-0.2, -0.15) is 5.10 Å². The molecule has 0 aliphatic carbocycles. The summed E-state index contributed by atoms with van der Waals surface area (Å²) in [4.78, 5) is 11.9. The number of rotatable bonds is 6. The molecule has 18 heavy (non-hydrogen) atoms. The number of amides is 1. The van der Waals surface area contributed by atoms with Crippen molar-refractivity contribution in [3.63, 3.8) is 0 Å². The summed E-state index contributed by atoms with van der Waals surface area (Å²) in [5, 5.41) is 15.6. The second-order valence-corrected chi connectivity index (χ2v) is 5.28. The Balaban J connectivity index is 2.53. The number of nitrogens with one attached hydrogen (secondary N) is 1. The van der Waals surface area contributed by atoms with Gasteiger partial charge in [0.25, 0.3) is 5.91 Å². The third-order valence-corrected chi connectivity index (χ3v) is 2.81. The number of anilines is 1. The van der Waals surface area contributed by atoms with Crippen molar-refractivity contribution in [2.45, 2.75) is 26.7 Å². The molecule has 1 amide bonds. The fourth-order valence-corrected chi connectivity index (χ4v) is 1.73. The zero-order valence-corrected chi connectivity index (χ0v) is 11.2. The standard InChI is InChI=1S/C12H22N4O2/c1-12(2,5-4-6-17)8-14-11(18)10-9(13)7-16(3)15-10/h7,17H,4-6,8,13H2,1-3H3,(H,14,18). The van der Waals surface area contributed by atoms with Crippen LogP contribution < -0.4 is 11.1 Å². The summed E-state index contributed by atoms with van der Waals surface area (Å²) in [6, 6.07) is 0. The predicted octanol–water partition coefficient (Wildman–Crippen LogP) is 0.531. The lowest BCUT2D eigenvalue weighted by Gasteiger charge is -2.24. The van der Waals surface area contributed by atoms with Crippen LogP contribution in [-0.2, 0) is 7.05 Å². The minimum atomic E-state index is -0.259. The Bertz CT molecular complexity index is 412. The topological polar surface area (TPSA) is 93.2 Å². The van der Waals surface area contributed by atoms with Crippen molar-refractivity contribution in [1.82, 2.24) is 15.1 Å². The molecule has 1 heterocycles. The monoisotopic (exact) mass is 254 g/mol. The van der Waals surface area contributed by atoms with Crippen LogP contribution in [0.5, 0.6) is 0 Å². The minimum Gasteiger partial charge on any atom is -0.396 e. The molecule has 0 aliphatic rings. The van der Waals surface area contributed by atoms with Gasteiger partial charge in [-0.3, -0.25) is 9.48 Å². The normalized spacial score (nSPS) is 11.6. The van der Waals surface area contributed by atoms with Crippen LogP contribution in [0.1, 0.15) is 37.2 Å². The zero-order valence-electron chi connectivity index (χ0n) is 11.2. The number of aromatic nitrogens is 2. The molecule has 0 atom stereocenters. The van der Waals surface area contributed by atoms with Crippen LogP contribution in [-0.4, -0.2) is 33.9 Å². The molecule has 0 unspecified atom stereocenters. The van der Waals surface area contributed by atoms with Gasteiger partial charge in [-0.15, -0.1) is 0 Å². The largest absolute Gasteiger partial charge is 0.396 e. The van der Waals surface area contributed by atoms with Gasteiger partial charge in [0.15, 0.2) is 5.69 Å². The number of nitrogens with zero attached hydrogens (tertiary/aromatic N) is 2. The highest BCUT2D eigenvalue weighted by Crippen LogP contribution is 2.21. The predicted molar refractivity (Wildman–Crippen MR) is 70.1 cm³/mol. The van der Waals surface area contributed by atoms with E-state index in [1.807, 2.05) is 13.8 Å². The highest BCUT2D eigenvalue weighted by molar-refractivity contribution is 5.96. The van der Waals surface area contributed by atoms with Crippen LogP contribution in [0.3, 0.4) is 0 Å². The maximum absolute atomic E-state index is 11.9. The number of hydrogen-bond acceptors (Lipinski definition) is 4. The maximum atomic E-state index is 11.9.